The molecule has 3 heteroatoms. The van der Waals surface area contributed by atoms with E-state index in [0.717, 1.165) is 0 Å². The molecule has 1 aliphatic rings. The molecular weight excluding hydrogens is 166 g/mol. The summed E-state index contributed by atoms with van der Waals surface area (Å²) in [6.07, 6.45) is 2.14. The van der Waals surface area contributed by atoms with Gasteiger partial charge in [0, 0.05) is 12.6 Å². The Bertz CT molecular complexity index is 149. The molecular formula is C10H21NO2. The summed E-state index contributed by atoms with van der Waals surface area (Å²) in [5.41, 5.74) is -0.152. The third-order valence-corrected chi connectivity index (χ3v) is 1.93. The first-order valence-corrected chi connectivity index (χ1v) is 5.03. The summed E-state index contributed by atoms with van der Waals surface area (Å²) >= 11 is 0. The Hall–Kier alpha value is -0.120. The first-order chi connectivity index (χ1) is 5.97. The van der Waals surface area contributed by atoms with E-state index in [0.29, 0.717) is 19.2 Å². The maximum atomic E-state index is 9.50. The van der Waals surface area contributed by atoms with Crippen LogP contribution in [0, 0.1) is 0 Å². The highest BCUT2D eigenvalue weighted by molar-refractivity contribution is 4.81. The van der Waals surface area contributed by atoms with Crippen molar-refractivity contribution in [3.8, 4) is 0 Å². The zero-order chi connectivity index (χ0) is 9.90. The van der Waals surface area contributed by atoms with Gasteiger partial charge in [0.1, 0.15) is 0 Å². The second-order valence-electron chi connectivity index (χ2n) is 4.76. The van der Waals surface area contributed by atoms with Gasteiger partial charge in [-0.3, -0.25) is 0 Å². The summed E-state index contributed by atoms with van der Waals surface area (Å²) in [4.78, 5) is 0. The molecule has 78 valence electrons. The lowest BCUT2D eigenvalue weighted by molar-refractivity contribution is -0.0479. The molecule has 1 saturated carbocycles. The van der Waals surface area contributed by atoms with E-state index < -0.39 is 0 Å². The van der Waals surface area contributed by atoms with Crippen molar-refractivity contribution in [3.05, 3.63) is 0 Å². The Morgan fingerprint density at radius 2 is 2.08 bits per heavy atom. The van der Waals surface area contributed by atoms with Crippen LogP contribution >= 0.6 is 0 Å². The first-order valence-electron chi connectivity index (χ1n) is 5.03. The maximum Gasteiger partial charge on any atom is 0.0898 e. The highest BCUT2D eigenvalue weighted by Gasteiger charge is 2.21. The summed E-state index contributed by atoms with van der Waals surface area (Å²) in [7, 11) is 0. The zero-order valence-electron chi connectivity index (χ0n) is 8.84. The van der Waals surface area contributed by atoms with Crippen molar-refractivity contribution < 1.29 is 9.84 Å². The minimum atomic E-state index is -0.375. The fourth-order valence-electron chi connectivity index (χ4n) is 0.995. The molecule has 0 bridgehead atoms. The van der Waals surface area contributed by atoms with Gasteiger partial charge in [-0.05, 0) is 33.6 Å². The first kappa shape index (κ1) is 11.0. The van der Waals surface area contributed by atoms with Crippen molar-refractivity contribution in [2.45, 2.75) is 51.4 Å². The molecule has 0 aliphatic heterocycles. The van der Waals surface area contributed by atoms with Crippen LogP contribution in [0.1, 0.15) is 33.6 Å². The lowest BCUT2D eigenvalue weighted by atomic mass is 10.2. The summed E-state index contributed by atoms with van der Waals surface area (Å²) in [6.45, 7) is 7.06. The molecule has 0 aromatic heterocycles. The molecule has 13 heavy (non-hydrogen) atoms. The van der Waals surface area contributed by atoms with Crippen molar-refractivity contribution in [3.63, 3.8) is 0 Å². The third kappa shape index (κ3) is 6.02. The summed E-state index contributed by atoms with van der Waals surface area (Å²) in [6, 6.07) is 0.657. The Morgan fingerprint density at radius 1 is 1.46 bits per heavy atom. The second-order valence-corrected chi connectivity index (χ2v) is 4.76. The third-order valence-electron chi connectivity index (χ3n) is 1.93. The largest absolute Gasteiger partial charge is 0.389 e. The van der Waals surface area contributed by atoms with Crippen LogP contribution in [0.15, 0.2) is 0 Å². The van der Waals surface area contributed by atoms with Crippen molar-refractivity contribution in [2.24, 2.45) is 0 Å². The van der Waals surface area contributed by atoms with Crippen LogP contribution in [0.4, 0.5) is 0 Å². The average molecular weight is 187 g/mol. The van der Waals surface area contributed by atoms with Crippen LogP contribution < -0.4 is 5.32 Å². The van der Waals surface area contributed by atoms with Gasteiger partial charge >= 0.3 is 0 Å². The molecule has 0 radical (unpaired) electrons. The number of hydrogen-bond donors (Lipinski definition) is 2. The van der Waals surface area contributed by atoms with E-state index in [1.165, 1.54) is 12.8 Å². The van der Waals surface area contributed by atoms with Crippen molar-refractivity contribution in [1.29, 1.82) is 0 Å². The van der Waals surface area contributed by atoms with Crippen LogP contribution in [0.5, 0.6) is 0 Å². The molecule has 0 aromatic carbocycles. The number of nitrogens with one attached hydrogen (secondary N) is 1. The SMILES string of the molecule is CC(C)(C)OCC(O)CNC1CC1. The van der Waals surface area contributed by atoms with Gasteiger partial charge in [-0.15, -0.1) is 0 Å². The van der Waals surface area contributed by atoms with Crippen LogP contribution in [0.25, 0.3) is 0 Å². The molecule has 3 nitrogen and oxygen atoms in total. The van der Waals surface area contributed by atoms with E-state index in [1.54, 1.807) is 0 Å². The average Bonchev–Trinajstić information content (AvgIpc) is 2.78. The van der Waals surface area contributed by atoms with E-state index in [4.69, 9.17) is 4.74 Å². The molecule has 0 spiro atoms. The number of aliphatic hydroxyl groups excluding tert-OH is 1. The van der Waals surface area contributed by atoms with Crippen molar-refractivity contribution >= 4 is 0 Å². The zero-order valence-corrected chi connectivity index (χ0v) is 8.84. The number of rotatable bonds is 5. The van der Waals surface area contributed by atoms with Gasteiger partial charge in [0.15, 0.2) is 0 Å². The van der Waals surface area contributed by atoms with Crippen molar-refractivity contribution in [1.82, 2.24) is 5.32 Å². The Kier molecular flexibility index (Phi) is 3.71. The molecule has 0 amide bonds. The van der Waals surface area contributed by atoms with Gasteiger partial charge in [0.25, 0.3) is 0 Å². The quantitative estimate of drug-likeness (QED) is 0.672. The molecule has 0 heterocycles. The van der Waals surface area contributed by atoms with Gasteiger partial charge in [-0.1, -0.05) is 0 Å². The topological polar surface area (TPSA) is 41.5 Å². The van der Waals surface area contributed by atoms with E-state index in [2.05, 4.69) is 5.32 Å². The highest BCUT2D eigenvalue weighted by atomic mass is 16.5. The fourth-order valence-corrected chi connectivity index (χ4v) is 0.995. The van der Waals surface area contributed by atoms with Gasteiger partial charge in [0.05, 0.1) is 18.3 Å². The lowest BCUT2D eigenvalue weighted by Crippen LogP contribution is -2.34. The predicted octanol–water partition coefficient (Wildman–Crippen LogP) is 0.914. The number of hydrogen-bond acceptors (Lipinski definition) is 3. The molecule has 0 aromatic rings. The second kappa shape index (κ2) is 4.40. The van der Waals surface area contributed by atoms with E-state index >= 15 is 0 Å². The summed E-state index contributed by atoms with van der Waals surface area (Å²) in [5.74, 6) is 0. The standard InChI is InChI=1S/C10H21NO2/c1-10(2,3)13-7-9(12)6-11-8-4-5-8/h8-9,11-12H,4-7H2,1-3H3. The van der Waals surface area contributed by atoms with Crippen molar-refractivity contribution in [2.75, 3.05) is 13.2 Å². The number of aliphatic hydroxyl groups is 1. The monoisotopic (exact) mass is 187 g/mol. The smallest absolute Gasteiger partial charge is 0.0898 e. The van der Waals surface area contributed by atoms with Gasteiger partial charge in [-0.2, -0.15) is 0 Å². The van der Waals surface area contributed by atoms with Crippen LogP contribution in [0.2, 0.25) is 0 Å². The highest BCUT2D eigenvalue weighted by Crippen LogP contribution is 2.18. The molecule has 1 atom stereocenters. The summed E-state index contributed by atoms with van der Waals surface area (Å²) < 4.78 is 5.45. The van der Waals surface area contributed by atoms with E-state index in [9.17, 15) is 5.11 Å². The normalized spacial score (nSPS) is 20.3. The molecule has 1 fully saturated rings. The minimum absolute atomic E-state index is 0.152. The molecule has 2 N–H and O–H groups in total. The molecule has 1 rings (SSSR count). The summed E-state index contributed by atoms with van der Waals surface area (Å²) in [5, 5.41) is 12.8. The van der Waals surface area contributed by atoms with Crippen LogP contribution in [-0.2, 0) is 4.74 Å². The van der Waals surface area contributed by atoms with Crippen LogP contribution in [0.3, 0.4) is 0 Å². The molecule has 1 aliphatic carbocycles. The maximum absolute atomic E-state index is 9.50. The lowest BCUT2D eigenvalue weighted by Gasteiger charge is -2.22. The minimum Gasteiger partial charge on any atom is -0.389 e. The fraction of sp³-hybridized carbons (Fsp3) is 1.00. The van der Waals surface area contributed by atoms with Gasteiger partial charge in [-0.25, -0.2) is 0 Å². The number of ether oxygens (including phenoxy) is 1. The molecule has 1 unspecified atom stereocenters. The van der Waals surface area contributed by atoms with Gasteiger partial charge < -0.3 is 15.2 Å². The predicted molar refractivity (Wildman–Crippen MR) is 52.7 cm³/mol. The van der Waals surface area contributed by atoms with Gasteiger partial charge in [0.2, 0.25) is 0 Å². The van der Waals surface area contributed by atoms with E-state index in [1.807, 2.05) is 20.8 Å². The Balaban J connectivity index is 1.99. The Morgan fingerprint density at radius 3 is 2.54 bits per heavy atom. The Labute approximate surface area is 80.5 Å². The molecule has 0 saturated heterocycles. The van der Waals surface area contributed by atoms with E-state index in [-0.39, 0.29) is 11.7 Å². The van der Waals surface area contributed by atoms with Crippen LogP contribution in [-0.4, -0.2) is 36.0 Å².